The molecule has 10 nitrogen and oxygen atoms in total. The highest BCUT2D eigenvalue weighted by Gasteiger charge is 2.27. The lowest BCUT2D eigenvalue weighted by atomic mass is 10.0. The fourth-order valence-corrected chi connectivity index (χ4v) is 5.26. The van der Waals surface area contributed by atoms with Crippen LogP contribution in [-0.2, 0) is 29.2 Å². The van der Waals surface area contributed by atoms with Gasteiger partial charge in [0, 0.05) is 31.1 Å². The maximum atomic E-state index is 14.4. The number of halogens is 1. The number of ether oxygens (including phenoxy) is 1. The van der Waals surface area contributed by atoms with Gasteiger partial charge in [-0.3, -0.25) is 18.7 Å². The van der Waals surface area contributed by atoms with Gasteiger partial charge in [-0.05, 0) is 43.7 Å². The van der Waals surface area contributed by atoms with Crippen LogP contribution >= 0.6 is 0 Å². The van der Waals surface area contributed by atoms with E-state index in [0.29, 0.717) is 35.4 Å². The van der Waals surface area contributed by atoms with Crippen molar-refractivity contribution < 1.29 is 13.9 Å². The van der Waals surface area contributed by atoms with Crippen molar-refractivity contribution in [3.8, 4) is 0 Å². The molecule has 1 atom stereocenters. The molecular formula is C27H31FN6O4. The van der Waals surface area contributed by atoms with Crippen molar-refractivity contribution in [1.82, 2.24) is 18.7 Å². The van der Waals surface area contributed by atoms with E-state index in [1.807, 2.05) is 11.8 Å². The van der Waals surface area contributed by atoms with Gasteiger partial charge in [0.1, 0.15) is 12.4 Å². The number of hydrogen-bond acceptors (Lipinski definition) is 7. The van der Waals surface area contributed by atoms with E-state index in [-0.39, 0.29) is 36.2 Å². The van der Waals surface area contributed by atoms with Crippen molar-refractivity contribution in [2.45, 2.75) is 52.4 Å². The van der Waals surface area contributed by atoms with E-state index in [4.69, 9.17) is 15.5 Å². The van der Waals surface area contributed by atoms with Crippen LogP contribution < -0.4 is 21.9 Å². The van der Waals surface area contributed by atoms with Crippen LogP contribution in [0.2, 0.25) is 0 Å². The van der Waals surface area contributed by atoms with Gasteiger partial charge in [-0.25, -0.2) is 9.18 Å². The Morgan fingerprint density at radius 1 is 1.11 bits per heavy atom. The average Bonchev–Trinajstić information content (AvgIpc) is 3.30. The fourth-order valence-electron chi connectivity index (χ4n) is 5.26. The maximum absolute atomic E-state index is 14.4. The molecule has 0 aliphatic carbocycles. The van der Waals surface area contributed by atoms with E-state index in [1.54, 1.807) is 41.8 Å². The predicted octanol–water partition coefficient (Wildman–Crippen LogP) is 2.21. The molecule has 2 aromatic heterocycles. The van der Waals surface area contributed by atoms with Crippen LogP contribution in [0.15, 0.2) is 46.0 Å². The first-order valence-corrected chi connectivity index (χ1v) is 12.9. The highest BCUT2D eigenvalue weighted by molar-refractivity contribution is 5.86. The third-order valence-corrected chi connectivity index (χ3v) is 7.03. The molecule has 1 aliphatic heterocycles. The summed E-state index contributed by atoms with van der Waals surface area (Å²) in [5.74, 6) is -0.460. The predicted molar refractivity (Wildman–Crippen MR) is 143 cm³/mol. The molecule has 3 heterocycles. The smallest absolute Gasteiger partial charge is 0.333 e. The number of carbonyl (C=O) groups is 1. The van der Waals surface area contributed by atoms with Crippen molar-refractivity contribution in [2.75, 3.05) is 24.6 Å². The van der Waals surface area contributed by atoms with Gasteiger partial charge in [0.25, 0.3) is 5.56 Å². The molecule has 5 rings (SSSR count). The number of aromatic nitrogens is 4. The minimum atomic E-state index is -0.688. The zero-order valence-corrected chi connectivity index (χ0v) is 21.5. The molecule has 1 aliphatic rings. The average molecular weight is 523 g/mol. The number of esters is 1. The third-order valence-electron chi connectivity index (χ3n) is 7.03. The van der Waals surface area contributed by atoms with Crippen molar-refractivity contribution in [1.29, 1.82) is 0 Å². The van der Waals surface area contributed by atoms with Gasteiger partial charge in [0.2, 0.25) is 5.95 Å². The van der Waals surface area contributed by atoms with Crippen LogP contribution in [-0.4, -0.2) is 50.4 Å². The Labute approximate surface area is 218 Å². The molecule has 38 heavy (non-hydrogen) atoms. The zero-order chi connectivity index (χ0) is 27.0. The summed E-state index contributed by atoms with van der Waals surface area (Å²) >= 11 is 0. The Hall–Kier alpha value is -3.99. The summed E-state index contributed by atoms with van der Waals surface area (Å²) < 4.78 is 23.6. The third kappa shape index (κ3) is 4.47. The van der Waals surface area contributed by atoms with Crippen LogP contribution in [0.25, 0.3) is 21.9 Å². The lowest BCUT2D eigenvalue weighted by Gasteiger charge is -2.31. The van der Waals surface area contributed by atoms with Crippen molar-refractivity contribution in [2.24, 2.45) is 5.73 Å². The number of hydrogen-bond donors (Lipinski definition) is 1. The Morgan fingerprint density at radius 3 is 2.58 bits per heavy atom. The molecule has 11 heteroatoms. The summed E-state index contributed by atoms with van der Waals surface area (Å²) in [5, 5.41) is 0.996. The van der Waals surface area contributed by atoms with Crippen LogP contribution in [0.4, 0.5) is 10.3 Å². The van der Waals surface area contributed by atoms with Crippen molar-refractivity contribution in [3.05, 3.63) is 68.6 Å². The van der Waals surface area contributed by atoms with E-state index in [2.05, 4.69) is 0 Å². The number of aryl methyl sites for hydroxylation is 1. The number of fused-ring (bicyclic) bond motifs is 2. The quantitative estimate of drug-likeness (QED) is 0.370. The van der Waals surface area contributed by atoms with E-state index in [9.17, 15) is 18.8 Å². The van der Waals surface area contributed by atoms with E-state index >= 15 is 0 Å². The van der Waals surface area contributed by atoms with Crippen LogP contribution in [0.3, 0.4) is 0 Å². The lowest BCUT2D eigenvalue weighted by Crippen LogP contribution is -2.44. The topological polar surface area (TPSA) is 117 Å². The van der Waals surface area contributed by atoms with Gasteiger partial charge in [0.15, 0.2) is 11.2 Å². The molecule has 1 unspecified atom stereocenters. The largest absolute Gasteiger partial charge is 0.465 e. The SMILES string of the molecule is CCOC(=O)Cn1c(=O)n(Cc2ccc(F)c3ccccc23)c(=O)c2c1nc(N1CCCC(N)C1)n2CC. The second-order valence-corrected chi connectivity index (χ2v) is 9.49. The van der Waals surface area contributed by atoms with Crippen LogP contribution in [0, 0.1) is 5.82 Å². The molecule has 1 fully saturated rings. The summed E-state index contributed by atoms with van der Waals surface area (Å²) in [7, 11) is 0. The summed E-state index contributed by atoms with van der Waals surface area (Å²) in [6.07, 6.45) is 1.78. The van der Waals surface area contributed by atoms with Crippen LogP contribution in [0.5, 0.6) is 0 Å². The normalized spacial score (nSPS) is 15.9. The van der Waals surface area contributed by atoms with Gasteiger partial charge < -0.3 is 19.9 Å². The second-order valence-electron chi connectivity index (χ2n) is 9.49. The molecule has 2 aromatic carbocycles. The Bertz CT molecular complexity index is 1640. The number of imidazole rings is 1. The Kier molecular flexibility index (Phi) is 7.02. The molecule has 0 bridgehead atoms. The summed E-state index contributed by atoms with van der Waals surface area (Å²) in [4.78, 5) is 46.9. The monoisotopic (exact) mass is 522 g/mol. The minimum absolute atomic E-state index is 0.0287. The summed E-state index contributed by atoms with van der Waals surface area (Å²) in [5.41, 5.74) is 5.95. The standard InChI is InChI=1S/C27H31FN6O4/c1-3-32-23-24(30-26(32)31-13-7-8-18(29)15-31)33(16-22(35)38-4-2)27(37)34(25(23)36)14-17-11-12-21(28)20-10-6-5-9-19(17)20/h5-6,9-12,18H,3-4,7-8,13-16,29H2,1-2H3. The first-order valence-electron chi connectivity index (χ1n) is 12.9. The second kappa shape index (κ2) is 10.4. The highest BCUT2D eigenvalue weighted by Crippen LogP contribution is 2.25. The van der Waals surface area contributed by atoms with E-state index in [1.165, 1.54) is 10.6 Å². The molecule has 0 spiro atoms. The number of rotatable bonds is 7. The van der Waals surface area contributed by atoms with Gasteiger partial charge in [-0.1, -0.05) is 30.3 Å². The molecule has 200 valence electrons. The summed E-state index contributed by atoms with van der Waals surface area (Å²) in [6.45, 7) is 4.94. The molecule has 1 saturated heterocycles. The van der Waals surface area contributed by atoms with E-state index in [0.717, 1.165) is 24.0 Å². The number of piperidine rings is 1. The first-order chi connectivity index (χ1) is 18.3. The Morgan fingerprint density at radius 2 is 1.87 bits per heavy atom. The van der Waals surface area contributed by atoms with Gasteiger partial charge in [-0.15, -0.1) is 0 Å². The molecule has 0 saturated carbocycles. The minimum Gasteiger partial charge on any atom is -0.465 e. The summed E-state index contributed by atoms with van der Waals surface area (Å²) in [6, 6.07) is 9.78. The van der Waals surface area contributed by atoms with Crippen molar-refractivity contribution >= 4 is 33.9 Å². The van der Waals surface area contributed by atoms with E-state index < -0.39 is 23.8 Å². The molecule has 2 N–H and O–H groups in total. The number of nitrogens with zero attached hydrogens (tertiary/aromatic N) is 5. The first kappa shape index (κ1) is 25.7. The molecular weight excluding hydrogens is 491 g/mol. The van der Waals surface area contributed by atoms with Gasteiger partial charge in [-0.2, -0.15) is 4.98 Å². The van der Waals surface area contributed by atoms with Gasteiger partial charge >= 0.3 is 11.7 Å². The highest BCUT2D eigenvalue weighted by atomic mass is 19.1. The number of benzene rings is 2. The van der Waals surface area contributed by atoms with Gasteiger partial charge in [0.05, 0.1) is 13.2 Å². The Balaban J connectivity index is 1.74. The van der Waals surface area contributed by atoms with Crippen molar-refractivity contribution in [3.63, 3.8) is 0 Å². The molecule has 0 radical (unpaired) electrons. The maximum Gasteiger partial charge on any atom is 0.333 e. The number of carbonyl (C=O) groups excluding carboxylic acids is 1. The molecule has 0 amide bonds. The lowest BCUT2D eigenvalue weighted by molar-refractivity contribution is -0.143. The van der Waals surface area contributed by atoms with Crippen LogP contribution in [0.1, 0.15) is 32.3 Å². The number of nitrogens with two attached hydrogens (primary N) is 1. The fraction of sp³-hybridized carbons (Fsp3) is 0.407. The zero-order valence-electron chi connectivity index (χ0n) is 21.5. The number of anilines is 1. The molecule has 4 aromatic rings.